The summed E-state index contributed by atoms with van der Waals surface area (Å²) in [4.78, 5) is 37.1. The summed E-state index contributed by atoms with van der Waals surface area (Å²) in [6.07, 6.45) is 3.46. The maximum atomic E-state index is 12.0. The Labute approximate surface area is 112 Å². The van der Waals surface area contributed by atoms with Gasteiger partial charge in [-0.3, -0.25) is 25.1 Å². The molecule has 0 saturated carbocycles. The molecule has 0 aliphatic carbocycles. The van der Waals surface area contributed by atoms with Crippen LogP contribution in [0.5, 0.6) is 0 Å². The van der Waals surface area contributed by atoms with Gasteiger partial charge in [-0.25, -0.2) is 4.79 Å². The zero-order valence-corrected chi connectivity index (χ0v) is 11.1. The van der Waals surface area contributed by atoms with Crippen molar-refractivity contribution in [3.8, 4) is 0 Å². The molecule has 18 heavy (non-hydrogen) atoms. The molecule has 2 aliphatic heterocycles. The molecular formula is C11H18ClN3O3. The van der Waals surface area contributed by atoms with E-state index < -0.39 is 23.4 Å². The molecule has 2 rings (SSSR count). The number of hydrogen-bond acceptors (Lipinski definition) is 4. The number of likely N-dealkylation sites (tertiary alicyclic amines) is 1. The van der Waals surface area contributed by atoms with Crippen LogP contribution in [-0.4, -0.2) is 41.4 Å². The monoisotopic (exact) mass is 275 g/mol. The predicted molar refractivity (Wildman–Crippen MR) is 67.4 cm³/mol. The van der Waals surface area contributed by atoms with Crippen LogP contribution in [0, 0.1) is 0 Å². The first-order valence-corrected chi connectivity index (χ1v) is 6.03. The fourth-order valence-corrected chi connectivity index (χ4v) is 2.65. The highest BCUT2D eigenvalue weighted by Gasteiger charge is 2.53. The molecule has 0 spiro atoms. The standard InChI is InChI=1S/C11H17N3O3.ClH/c1-2-11(14-6-4-3-5-7-14)8(15)12-10(17)13-9(11)16;/h2-7H2,1H3,(H2,12,13,15,16,17);1H. The van der Waals surface area contributed by atoms with Crippen LogP contribution in [0.4, 0.5) is 4.79 Å². The number of carbonyl (C=O) groups excluding carboxylic acids is 3. The van der Waals surface area contributed by atoms with E-state index in [-0.39, 0.29) is 12.4 Å². The van der Waals surface area contributed by atoms with E-state index in [2.05, 4.69) is 10.6 Å². The summed E-state index contributed by atoms with van der Waals surface area (Å²) in [5, 5.41) is 4.39. The lowest BCUT2D eigenvalue weighted by atomic mass is 9.88. The molecule has 6 nitrogen and oxygen atoms in total. The molecule has 0 aromatic carbocycles. The SMILES string of the molecule is CCC1(N2CCCCC2)C(=O)NC(=O)NC1=O.Cl. The second-order valence-electron chi connectivity index (χ2n) is 4.50. The molecule has 0 atom stereocenters. The van der Waals surface area contributed by atoms with E-state index >= 15 is 0 Å². The molecule has 2 fully saturated rings. The quantitative estimate of drug-likeness (QED) is 0.716. The van der Waals surface area contributed by atoms with E-state index in [1.54, 1.807) is 6.92 Å². The fourth-order valence-electron chi connectivity index (χ4n) is 2.65. The third-order valence-corrected chi connectivity index (χ3v) is 3.61. The molecule has 0 aromatic heterocycles. The number of carbonyl (C=O) groups is 3. The minimum Gasteiger partial charge on any atom is -0.282 e. The van der Waals surface area contributed by atoms with Crippen LogP contribution in [0.25, 0.3) is 0 Å². The molecule has 2 saturated heterocycles. The second-order valence-corrected chi connectivity index (χ2v) is 4.50. The zero-order valence-electron chi connectivity index (χ0n) is 10.3. The van der Waals surface area contributed by atoms with Gasteiger partial charge in [-0.2, -0.15) is 0 Å². The van der Waals surface area contributed by atoms with E-state index in [1.807, 2.05) is 4.90 Å². The first kappa shape index (κ1) is 14.9. The van der Waals surface area contributed by atoms with Gasteiger partial charge in [0.15, 0.2) is 5.54 Å². The number of piperidine rings is 1. The summed E-state index contributed by atoms with van der Waals surface area (Å²) in [5.74, 6) is -0.980. The Morgan fingerprint density at radius 3 is 2.00 bits per heavy atom. The number of amides is 4. The van der Waals surface area contributed by atoms with Crippen LogP contribution in [0.2, 0.25) is 0 Å². The van der Waals surface area contributed by atoms with Gasteiger partial charge >= 0.3 is 6.03 Å². The molecule has 0 aromatic rings. The highest BCUT2D eigenvalue weighted by molar-refractivity contribution is 6.22. The summed E-state index contributed by atoms with van der Waals surface area (Å²) in [6, 6.07) is -0.721. The van der Waals surface area contributed by atoms with Crippen molar-refractivity contribution < 1.29 is 14.4 Å². The van der Waals surface area contributed by atoms with Gasteiger partial charge in [0, 0.05) is 0 Å². The number of halogens is 1. The second kappa shape index (κ2) is 5.67. The number of rotatable bonds is 2. The van der Waals surface area contributed by atoms with E-state index in [4.69, 9.17) is 0 Å². The van der Waals surface area contributed by atoms with Gasteiger partial charge in [0.25, 0.3) is 11.8 Å². The van der Waals surface area contributed by atoms with Crippen molar-refractivity contribution in [1.29, 1.82) is 0 Å². The molecule has 2 heterocycles. The van der Waals surface area contributed by atoms with Gasteiger partial charge in [-0.15, -0.1) is 12.4 Å². The van der Waals surface area contributed by atoms with E-state index in [1.165, 1.54) is 0 Å². The molecule has 102 valence electrons. The number of nitrogens with zero attached hydrogens (tertiary/aromatic N) is 1. The minimum absolute atomic E-state index is 0. The van der Waals surface area contributed by atoms with Gasteiger partial charge in [0.1, 0.15) is 0 Å². The molecule has 0 unspecified atom stereocenters. The number of nitrogens with one attached hydrogen (secondary N) is 2. The largest absolute Gasteiger partial charge is 0.328 e. The van der Waals surface area contributed by atoms with Crippen LogP contribution in [0.15, 0.2) is 0 Å². The lowest BCUT2D eigenvalue weighted by molar-refractivity contribution is -0.148. The average Bonchev–Trinajstić information content (AvgIpc) is 2.30. The molecule has 2 aliphatic rings. The molecule has 2 N–H and O–H groups in total. The van der Waals surface area contributed by atoms with Crippen LogP contribution in [0.3, 0.4) is 0 Å². The van der Waals surface area contributed by atoms with Crippen molar-refractivity contribution in [3.63, 3.8) is 0 Å². The number of urea groups is 1. The Balaban J connectivity index is 0.00000162. The Morgan fingerprint density at radius 1 is 1.06 bits per heavy atom. The molecule has 7 heteroatoms. The normalized spacial score (nSPS) is 23.9. The highest BCUT2D eigenvalue weighted by Crippen LogP contribution is 2.26. The van der Waals surface area contributed by atoms with Crippen LogP contribution < -0.4 is 10.6 Å². The lowest BCUT2D eigenvalue weighted by Gasteiger charge is -2.43. The Kier molecular flexibility index (Phi) is 4.70. The van der Waals surface area contributed by atoms with Gasteiger partial charge in [-0.05, 0) is 32.4 Å². The highest BCUT2D eigenvalue weighted by atomic mass is 35.5. The number of barbiturate groups is 1. The first-order valence-electron chi connectivity index (χ1n) is 6.03. The van der Waals surface area contributed by atoms with Crippen LogP contribution in [0.1, 0.15) is 32.6 Å². The maximum absolute atomic E-state index is 12.0. The summed E-state index contributed by atoms with van der Waals surface area (Å²) in [7, 11) is 0. The van der Waals surface area contributed by atoms with Crippen molar-refractivity contribution in [3.05, 3.63) is 0 Å². The summed E-state index contributed by atoms with van der Waals surface area (Å²) in [6.45, 7) is 3.25. The lowest BCUT2D eigenvalue weighted by Crippen LogP contribution is -2.73. The molecule has 0 bridgehead atoms. The van der Waals surface area contributed by atoms with Gasteiger partial charge < -0.3 is 0 Å². The van der Waals surface area contributed by atoms with Crippen molar-refractivity contribution in [2.45, 2.75) is 38.1 Å². The van der Waals surface area contributed by atoms with Gasteiger partial charge in [-0.1, -0.05) is 13.3 Å². The van der Waals surface area contributed by atoms with E-state index in [0.29, 0.717) is 6.42 Å². The van der Waals surface area contributed by atoms with Gasteiger partial charge in [0.2, 0.25) is 0 Å². The zero-order chi connectivity index (χ0) is 12.5. The minimum atomic E-state index is -1.20. The Morgan fingerprint density at radius 2 is 1.56 bits per heavy atom. The number of imide groups is 2. The van der Waals surface area contributed by atoms with Crippen molar-refractivity contribution in [2.75, 3.05) is 13.1 Å². The van der Waals surface area contributed by atoms with Crippen molar-refractivity contribution in [2.24, 2.45) is 0 Å². The van der Waals surface area contributed by atoms with Crippen LogP contribution >= 0.6 is 12.4 Å². The topological polar surface area (TPSA) is 78.5 Å². The summed E-state index contributed by atoms with van der Waals surface area (Å²) < 4.78 is 0. The first-order chi connectivity index (χ1) is 8.11. The van der Waals surface area contributed by atoms with E-state index in [9.17, 15) is 14.4 Å². The smallest absolute Gasteiger partial charge is 0.282 e. The average molecular weight is 276 g/mol. The predicted octanol–water partition coefficient (Wildman–Crippen LogP) is 0.409. The summed E-state index contributed by atoms with van der Waals surface area (Å²) in [5.41, 5.74) is -1.20. The molecule has 4 amide bonds. The fraction of sp³-hybridized carbons (Fsp3) is 0.727. The summed E-state index contributed by atoms with van der Waals surface area (Å²) >= 11 is 0. The Hall–Kier alpha value is -1.14. The van der Waals surface area contributed by atoms with Crippen molar-refractivity contribution in [1.82, 2.24) is 15.5 Å². The van der Waals surface area contributed by atoms with Gasteiger partial charge in [0.05, 0.1) is 0 Å². The Bertz CT molecular complexity index is 347. The molecular weight excluding hydrogens is 258 g/mol. The number of hydrogen-bond donors (Lipinski definition) is 2. The van der Waals surface area contributed by atoms with Crippen LogP contribution in [-0.2, 0) is 9.59 Å². The third kappa shape index (κ3) is 2.22. The third-order valence-electron chi connectivity index (χ3n) is 3.61. The molecule has 0 radical (unpaired) electrons. The maximum Gasteiger partial charge on any atom is 0.328 e. The van der Waals surface area contributed by atoms with Crippen molar-refractivity contribution >= 4 is 30.3 Å². The van der Waals surface area contributed by atoms with E-state index in [0.717, 1.165) is 32.4 Å².